The summed E-state index contributed by atoms with van der Waals surface area (Å²) in [6, 6.07) is 12.0. The number of benzene rings is 2. The summed E-state index contributed by atoms with van der Waals surface area (Å²) < 4.78 is 19.0. The number of nitrogens with two attached hydrogens (primary N) is 1. The van der Waals surface area contributed by atoms with Gasteiger partial charge in [-0.05, 0) is 48.7 Å². The molecule has 1 atom stereocenters. The second-order valence-corrected chi connectivity index (χ2v) is 5.03. The fourth-order valence-electron chi connectivity index (χ4n) is 2.03. The zero-order chi connectivity index (χ0) is 15.4. The summed E-state index contributed by atoms with van der Waals surface area (Å²) >= 11 is 0. The summed E-state index contributed by atoms with van der Waals surface area (Å²) in [6.07, 6.45) is 0. The zero-order valence-electron chi connectivity index (χ0n) is 12.1. The van der Waals surface area contributed by atoms with Crippen molar-refractivity contribution >= 4 is 0 Å². The summed E-state index contributed by atoms with van der Waals surface area (Å²) in [5, 5.41) is 8.81. The molecule has 2 aromatic carbocycles. The molecule has 2 rings (SSSR count). The normalized spacial score (nSPS) is 11.8. The van der Waals surface area contributed by atoms with Crippen LogP contribution in [0.3, 0.4) is 0 Å². The van der Waals surface area contributed by atoms with Crippen molar-refractivity contribution in [1.29, 1.82) is 5.26 Å². The predicted molar refractivity (Wildman–Crippen MR) is 79.2 cm³/mol. The van der Waals surface area contributed by atoms with Crippen molar-refractivity contribution in [3.8, 4) is 11.8 Å². The molecule has 2 N–H and O–H groups in total. The Morgan fingerprint density at radius 1 is 1.29 bits per heavy atom. The maximum absolute atomic E-state index is 13.2. The van der Waals surface area contributed by atoms with Crippen molar-refractivity contribution < 1.29 is 9.13 Å². The monoisotopic (exact) mass is 284 g/mol. The maximum Gasteiger partial charge on any atom is 0.140 e. The Morgan fingerprint density at radius 2 is 2.05 bits per heavy atom. The fourth-order valence-corrected chi connectivity index (χ4v) is 2.03. The Kier molecular flexibility index (Phi) is 4.56. The quantitative estimate of drug-likeness (QED) is 0.933. The first kappa shape index (κ1) is 15.0. The number of nitrogens with zero attached hydrogens (tertiary/aromatic N) is 1. The molecule has 0 amide bonds. The lowest BCUT2D eigenvalue weighted by molar-refractivity contribution is 0.304. The van der Waals surface area contributed by atoms with Gasteiger partial charge in [-0.15, -0.1) is 0 Å². The van der Waals surface area contributed by atoms with Gasteiger partial charge in [0.05, 0.1) is 5.56 Å². The summed E-state index contributed by atoms with van der Waals surface area (Å²) in [4.78, 5) is 0. The summed E-state index contributed by atoms with van der Waals surface area (Å²) in [5.74, 6) is 0.237. The number of hydrogen-bond acceptors (Lipinski definition) is 3. The molecule has 0 aromatic heterocycles. The third kappa shape index (κ3) is 3.59. The molecule has 0 fully saturated rings. The van der Waals surface area contributed by atoms with Gasteiger partial charge in [-0.3, -0.25) is 0 Å². The number of hydrogen-bond donors (Lipinski definition) is 1. The minimum Gasteiger partial charge on any atom is -0.489 e. The van der Waals surface area contributed by atoms with Crippen molar-refractivity contribution in [2.45, 2.75) is 26.5 Å². The molecule has 3 nitrogen and oxygen atoms in total. The largest absolute Gasteiger partial charge is 0.489 e. The second-order valence-electron chi connectivity index (χ2n) is 5.03. The van der Waals surface area contributed by atoms with Crippen molar-refractivity contribution in [3.63, 3.8) is 0 Å². The molecule has 0 radical (unpaired) electrons. The van der Waals surface area contributed by atoms with Crippen LogP contribution in [0.15, 0.2) is 36.4 Å². The Labute approximate surface area is 123 Å². The molecule has 0 aliphatic carbocycles. The van der Waals surface area contributed by atoms with Crippen LogP contribution in [-0.2, 0) is 6.61 Å². The van der Waals surface area contributed by atoms with Gasteiger partial charge in [0.2, 0.25) is 0 Å². The molecule has 21 heavy (non-hydrogen) atoms. The first-order valence-corrected chi connectivity index (χ1v) is 6.68. The van der Waals surface area contributed by atoms with E-state index in [9.17, 15) is 4.39 Å². The third-order valence-corrected chi connectivity index (χ3v) is 3.27. The number of halogens is 1. The highest BCUT2D eigenvalue weighted by Crippen LogP contribution is 2.23. The number of aryl methyl sites for hydroxylation is 1. The molecular formula is C17H17FN2O. The van der Waals surface area contributed by atoms with Crippen molar-refractivity contribution in [3.05, 3.63) is 64.5 Å². The first-order chi connectivity index (χ1) is 10.0. The van der Waals surface area contributed by atoms with Crippen LogP contribution in [0.25, 0.3) is 0 Å². The van der Waals surface area contributed by atoms with Gasteiger partial charge in [0.1, 0.15) is 24.2 Å². The Balaban J connectivity index is 2.12. The van der Waals surface area contributed by atoms with Crippen LogP contribution >= 0.6 is 0 Å². The van der Waals surface area contributed by atoms with Crippen molar-refractivity contribution in [1.82, 2.24) is 0 Å². The SMILES string of the molecule is Cc1cc([C@@H](C)N)ccc1OCc1ccc(F)c(C#N)c1. The van der Waals surface area contributed by atoms with Gasteiger partial charge >= 0.3 is 0 Å². The number of rotatable bonds is 4. The lowest BCUT2D eigenvalue weighted by Gasteiger charge is -2.12. The van der Waals surface area contributed by atoms with E-state index in [1.54, 1.807) is 6.07 Å². The van der Waals surface area contributed by atoms with Crippen LogP contribution in [0, 0.1) is 24.1 Å². The molecule has 0 aliphatic heterocycles. The molecule has 0 saturated heterocycles. The summed E-state index contributed by atoms with van der Waals surface area (Å²) in [5.41, 5.74) is 8.66. The Bertz CT molecular complexity index is 690. The highest BCUT2D eigenvalue weighted by Gasteiger charge is 2.06. The van der Waals surface area contributed by atoms with Crippen molar-refractivity contribution in [2.24, 2.45) is 5.73 Å². The van der Waals surface area contributed by atoms with E-state index in [1.165, 1.54) is 12.1 Å². The van der Waals surface area contributed by atoms with E-state index in [0.29, 0.717) is 0 Å². The molecule has 0 spiro atoms. The molecule has 0 unspecified atom stereocenters. The van der Waals surface area contributed by atoms with Gasteiger partial charge in [0, 0.05) is 6.04 Å². The number of nitriles is 1. The molecular weight excluding hydrogens is 267 g/mol. The molecule has 108 valence electrons. The molecule has 0 saturated carbocycles. The van der Waals surface area contributed by atoms with E-state index < -0.39 is 5.82 Å². The van der Waals surface area contributed by atoms with Crippen molar-refractivity contribution in [2.75, 3.05) is 0 Å². The second kappa shape index (κ2) is 6.38. The predicted octanol–water partition coefficient (Wildman–Crippen LogP) is 3.60. The third-order valence-electron chi connectivity index (χ3n) is 3.27. The van der Waals surface area contributed by atoms with E-state index in [-0.39, 0.29) is 18.2 Å². The van der Waals surface area contributed by atoms with Crippen LogP contribution in [0.4, 0.5) is 4.39 Å². The average Bonchev–Trinajstić information content (AvgIpc) is 2.47. The Hall–Kier alpha value is -2.38. The van der Waals surface area contributed by atoms with E-state index >= 15 is 0 Å². The van der Waals surface area contributed by atoms with Crippen LogP contribution in [-0.4, -0.2) is 0 Å². The number of ether oxygens (including phenoxy) is 1. The lowest BCUT2D eigenvalue weighted by atomic mass is 10.1. The van der Waals surface area contributed by atoms with Crippen LogP contribution in [0.1, 0.15) is 35.2 Å². The molecule has 0 heterocycles. The van der Waals surface area contributed by atoms with E-state index in [4.69, 9.17) is 15.7 Å². The fraction of sp³-hybridized carbons (Fsp3) is 0.235. The highest BCUT2D eigenvalue weighted by atomic mass is 19.1. The first-order valence-electron chi connectivity index (χ1n) is 6.68. The van der Waals surface area contributed by atoms with E-state index in [1.807, 2.05) is 38.1 Å². The minimum atomic E-state index is -0.515. The van der Waals surface area contributed by atoms with Crippen LogP contribution in [0.2, 0.25) is 0 Å². The van der Waals surface area contributed by atoms with Crippen LogP contribution < -0.4 is 10.5 Å². The topological polar surface area (TPSA) is 59.0 Å². The molecule has 4 heteroatoms. The average molecular weight is 284 g/mol. The van der Waals surface area contributed by atoms with Crippen LogP contribution in [0.5, 0.6) is 5.75 Å². The molecule has 2 aromatic rings. The van der Waals surface area contributed by atoms with Gasteiger partial charge < -0.3 is 10.5 Å². The maximum atomic E-state index is 13.2. The van der Waals surface area contributed by atoms with E-state index in [2.05, 4.69) is 0 Å². The highest BCUT2D eigenvalue weighted by molar-refractivity contribution is 5.38. The Morgan fingerprint density at radius 3 is 2.67 bits per heavy atom. The minimum absolute atomic E-state index is 0.0203. The molecule has 0 aliphatic rings. The van der Waals surface area contributed by atoms with Gasteiger partial charge in [-0.2, -0.15) is 5.26 Å². The smallest absolute Gasteiger partial charge is 0.140 e. The lowest BCUT2D eigenvalue weighted by Crippen LogP contribution is -2.05. The zero-order valence-corrected chi connectivity index (χ0v) is 12.1. The van der Waals surface area contributed by atoms with E-state index in [0.717, 1.165) is 22.4 Å². The van der Waals surface area contributed by atoms with Gasteiger partial charge in [0.15, 0.2) is 0 Å². The summed E-state index contributed by atoms with van der Waals surface area (Å²) in [7, 11) is 0. The van der Waals surface area contributed by atoms with Gasteiger partial charge in [-0.1, -0.05) is 18.2 Å². The van der Waals surface area contributed by atoms with Gasteiger partial charge in [0.25, 0.3) is 0 Å². The van der Waals surface area contributed by atoms with Gasteiger partial charge in [-0.25, -0.2) is 4.39 Å². The standard InChI is InChI=1S/C17H17FN2O/c1-11-7-14(12(2)20)4-6-17(11)21-10-13-3-5-16(18)15(8-13)9-19/h3-8,12H,10,20H2,1-2H3/t12-/m1/s1. The summed E-state index contributed by atoms with van der Waals surface area (Å²) in [6.45, 7) is 4.16. The molecule has 0 bridgehead atoms.